The molecule has 0 saturated heterocycles. The third kappa shape index (κ3) is 3.82. The number of benzene rings is 2. The number of nitrogens with one attached hydrogen (secondary N) is 1. The van der Waals surface area contributed by atoms with E-state index in [1.54, 1.807) is 40.9 Å². The van der Waals surface area contributed by atoms with Crippen molar-refractivity contribution in [1.82, 2.24) is 0 Å². The number of carbonyl (C=O) groups excluding carboxylic acids is 3. The zero-order chi connectivity index (χ0) is 19.5. The van der Waals surface area contributed by atoms with Crippen molar-refractivity contribution in [2.45, 2.75) is 17.4 Å². The summed E-state index contributed by atoms with van der Waals surface area (Å²) in [6.07, 6.45) is -1.25. The lowest BCUT2D eigenvalue weighted by Gasteiger charge is -2.29. The second kappa shape index (κ2) is 7.93. The summed E-state index contributed by atoms with van der Waals surface area (Å²) in [5.41, 5.74) is 1.39. The minimum atomic E-state index is -0.982. The number of thioether (sulfide) groups is 1. The number of rotatable bonds is 4. The van der Waals surface area contributed by atoms with Crippen LogP contribution in [0.15, 0.2) is 53.4 Å². The molecule has 0 saturated carbocycles. The third-order valence-electron chi connectivity index (χ3n) is 4.44. The SMILES string of the molecule is O=C(CC1Oc2ccccc2NC1=O)OCC(=O)N1CCSc2ccccc21. The van der Waals surface area contributed by atoms with E-state index in [1.807, 2.05) is 24.3 Å². The topological polar surface area (TPSA) is 84.9 Å². The number of ether oxygens (including phenoxy) is 2. The van der Waals surface area contributed by atoms with E-state index in [0.29, 0.717) is 18.0 Å². The zero-order valence-electron chi connectivity index (χ0n) is 14.9. The largest absolute Gasteiger partial charge is 0.478 e. The molecule has 0 spiro atoms. The highest BCUT2D eigenvalue weighted by Crippen LogP contribution is 2.34. The Morgan fingerprint density at radius 1 is 1.18 bits per heavy atom. The molecular weight excluding hydrogens is 380 g/mol. The van der Waals surface area contributed by atoms with Gasteiger partial charge in [-0.25, -0.2) is 0 Å². The molecule has 2 amide bonds. The van der Waals surface area contributed by atoms with Crippen LogP contribution in [0, 0.1) is 0 Å². The Morgan fingerprint density at radius 2 is 1.96 bits per heavy atom. The molecule has 0 aliphatic carbocycles. The number of hydrogen-bond acceptors (Lipinski definition) is 6. The fourth-order valence-electron chi connectivity index (χ4n) is 3.09. The first-order valence-corrected chi connectivity index (χ1v) is 9.85. The maximum atomic E-state index is 12.5. The van der Waals surface area contributed by atoms with Gasteiger partial charge in [-0.3, -0.25) is 14.4 Å². The Labute approximate surface area is 166 Å². The molecule has 0 aromatic heterocycles. The quantitative estimate of drug-likeness (QED) is 0.797. The Morgan fingerprint density at radius 3 is 2.86 bits per heavy atom. The minimum absolute atomic E-state index is 0.264. The van der Waals surface area contributed by atoms with Gasteiger partial charge in [-0.2, -0.15) is 0 Å². The first-order chi connectivity index (χ1) is 13.6. The van der Waals surface area contributed by atoms with Gasteiger partial charge in [-0.15, -0.1) is 11.8 Å². The van der Waals surface area contributed by atoms with E-state index in [1.165, 1.54) is 0 Å². The van der Waals surface area contributed by atoms with Crippen LogP contribution in [0.2, 0.25) is 0 Å². The van der Waals surface area contributed by atoms with E-state index in [2.05, 4.69) is 5.32 Å². The number of hydrogen-bond donors (Lipinski definition) is 1. The van der Waals surface area contributed by atoms with E-state index in [4.69, 9.17) is 9.47 Å². The van der Waals surface area contributed by atoms with Crippen LogP contribution in [0.5, 0.6) is 5.75 Å². The molecule has 4 rings (SSSR count). The van der Waals surface area contributed by atoms with Crippen LogP contribution < -0.4 is 15.0 Å². The van der Waals surface area contributed by atoms with Gasteiger partial charge in [-0.05, 0) is 24.3 Å². The van der Waals surface area contributed by atoms with Crippen molar-refractivity contribution in [3.05, 3.63) is 48.5 Å². The number of carbonyl (C=O) groups is 3. The summed E-state index contributed by atoms with van der Waals surface area (Å²) in [5.74, 6) is -0.0815. The lowest BCUT2D eigenvalue weighted by Crippen LogP contribution is -2.40. The molecule has 1 atom stereocenters. The maximum absolute atomic E-state index is 12.5. The summed E-state index contributed by atoms with van der Waals surface area (Å²) < 4.78 is 10.7. The van der Waals surface area contributed by atoms with Crippen molar-refractivity contribution < 1.29 is 23.9 Å². The van der Waals surface area contributed by atoms with Crippen LogP contribution in [0.1, 0.15) is 6.42 Å². The van der Waals surface area contributed by atoms with Gasteiger partial charge in [-0.1, -0.05) is 24.3 Å². The summed E-state index contributed by atoms with van der Waals surface area (Å²) in [5, 5.41) is 2.69. The molecule has 7 nitrogen and oxygen atoms in total. The van der Waals surface area contributed by atoms with Gasteiger partial charge in [0.15, 0.2) is 12.7 Å². The highest BCUT2D eigenvalue weighted by Gasteiger charge is 2.31. The van der Waals surface area contributed by atoms with Gasteiger partial charge < -0.3 is 19.7 Å². The van der Waals surface area contributed by atoms with Gasteiger partial charge in [0.1, 0.15) is 5.75 Å². The molecule has 2 aromatic rings. The molecule has 2 aliphatic rings. The second-order valence-corrected chi connectivity index (χ2v) is 7.46. The van der Waals surface area contributed by atoms with E-state index in [-0.39, 0.29) is 18.9 Å². The van der Waals surface area contributed by atoms with Crippen molar-refractivity contribution in [3.63, 3.8) is 0 Å². The fourth-order valence-corrected chi connectivity index (χ4v) is 4.08. The van der Waals surface area contributed by atoms with Crippen molar-refractivity contribution in [2.75, 3.05) is 29.1 Å². The summed E-state index contributed by atoms with van der Waals surface area (Å²) in [7, 11) is 0. The lowest BCUT2D eigenvalue weighted by molar-refractivity contribution is -0.150. The van der Waals surface area contributed by atoms with Crippen molar-refractivity contribution in [2.24, 2.45) is 0 Å². The average molecular weight is 398 g/mol. The molecular formula is C20H18N2O5S. The second-order valence-electron chi connectivity index (χ2n) is 6.32. The molecule has 0 bridgehead atoms. The van der Waals surface area contributed by atoms with E-state index in [0.717, 1.165) is 16.3 Å². The smallest absolute Gasteiger partial charge is 0.310 e. The number of fused-ring (bicyclic) bond motifs is 2. The highest BCUT2D eigenvalue weighted by atomic mass is 32.2. The molecule has 144 valence electrons. The molecule has 28 heavy (non-hydrogen) atoms. The van der Waals surface area contributed by atoms with Crippen LogP contribution >= 0.6 is 11.8 Å². The van der Waals surface area contributed by atoms with Crippen LogP contribution in [0.25, 0.3) is 0 Å². The molecule has 1 N–H and O–H groups in total. The van der Waals surface area contributed by atoms with E-state index in [9.17, 15) is 14.4 Å². The van der Waals surface area contributed by atoms with Crippen molar-refractivity contribution >= 4 is 40.9 Å². The summed E-state index contributed by atoms with van der Waals surface area (Å²) in [6.45, 7) is 0.186. The van der Waals surface area contributed by atoms with Crippen LogP contribution in [0.4, 0.5) is 11.4 Å². The van der Waals surface area contributed by atoms with Gasteiger partial charge in [0.2, 0.25) is 0 Å². The van der Waals surface area contributed by atoms with Gasteiger partial charge in [0.25, 0.3) is 11.8 Å². The molecule has 1 unspecified atom stereocenters. The zero-order valence-corrected chi connectivity index (χ0v) is 15.7. The van der Waals surface area contributed by atoms with E-state index >= 15 is 0 Å². The number of nitrogens with zero attached hydrogens (tertiary/aromatic N) is 1. The summed E-state index contributed by atoms with van der Waals surface area (Å²) in [4.78, 5) is 39.4. The average Bonchev–Trinajstić information content (AvgIpc) is 2.72. The normalized spacial score (nSPS) is 17.6. The van der Waals surface area contributed by atoms with Crippen molar-refractivity contribution in [3.8, 4) is 5.75 Å². The predicted molar refractivity (Wildman–Crippen MR) is 105 cm³/mol. The van der Waals surface area contributed by atoms with Gasteiger partial charge in [0.05, 0.1) is 17.8 Å². The Hall–Kier alpha value is -3.00. The monoisotopic (exact) mass is 398 g/mol. The number of amides is 2. The molecule has 2 aromatic carbocycles. The Bertz CT molecular complexity index is 932. The molecule has 0 radical (unpaired) electrons. The molecule has 2 aliphatic heterocycles. The first kappa shape index (κ1) is 18.4. The number of esters is 1. The third-order valence-corrected chi connectivity index (χ3v) is 5.49. The highest BCUT2D eigenvalue weighted by molar-refractivity contribution is 7.99. The molecule has 8 heteroatoms. The minimum Gasteiger partial charge on any atom is -0.478 e. The molecule has 0 fully saturated rings. The fraction of sp³-hybridized carbons (Fsp3) is 0.250. The standard InChI is InChI=1S/C20H18N2O5S/c23-18(22-9-10-28-17-8-4-2-6-14(17)22)12-26-19(24)11-16-20(25)21-13-5-1-3-7-15(13)27-16/h1-8,16H,9-12H2,(H,21,25). The molecule has 2 heterocycles. The van der Waals surface area contributed by atoms with Gasteiger partial charge >= 0.3 is 5.97 Å². The van der Waals surface area contributed by atoms with Gasteiger partial charge in [0, 0.05) is 17.2 Å². The number of para-hydroxylation sites is 3. The van der Waals surface area contributed by atoms with E-state index < -0.39 is 18.0 Å². The van der Waals surface area contributed by atoms with Crippen LogP contribution in [0.3, 0.4) is 0 Å². The van der Waals surface area contributed by atoms with Crippen LogP contribution in [-0.2, 0) is 19.1 Å². The maximum Gasteiger partial charge on any atom is 0.310 e. The van der Waals surface area contributed by atoms with Crippen LogP contribution in [-0.4, -0.2) is 42.8 Å². The van der Waals surface area contributed by atoms with Crippen molar-refractivity contribution in [1.29, 1.82) is 0 Å². The predicted octanol–water partition coefficient (Wildman–Crippen LogP) is 2.46. The first-order valence-electron chi connectivity index (χ1n) is 8.86. The Balaban J connectivity index is 1.33. The summed E-state index contributed by atoms with van der Waals surface area (Å²) in [6, 6.07) is 14.6. The number of anilines is 2. The summed E-state index contributed by atoms with van der Waals surface area (Å²) >= 11 is 1.69. The lowest BCUT2D eigenvalue weighted by atomic mass is 10.1. The Kier molecular flexibility index (Phi) is 5.21.